The number of nitrogens with two attached hydrogens (primary N) is 2. The van der Waals surface area contributed by atoms with E-state index in [1.54, 1.807) is 0 Å². The lowest BCUT2D eigenvalue weighted by Gasteiger charge is -1.80. The zero-order valence-electron chi connectivity index (χ0n) is 4.46. The van der Waals surface area contributed by atoms with Crippen LogP contribution in [0.3, 0.4) is 0 Å². The van der Waals surface area contributed by atoms with Gasteiger partial charge >= 0.3 is 0 Å². The lowest BCUT2D eigenvalue weighted by molar-refractivity contribution is 0.568. The van der Waals surface area contributed by atoms with Gasteiger partial charge in [-0.2, -0.15) is 9.98 Å². The largest absolute Gasteiger partial charge is 0.381 e. The zero-order valence-corrected chi connectivity index (χ0v) is 4.46. The maximum absolute atomic E-state index is 9.88. The number of carbonyl (C=O) groups excluding carboxylic acids is 1. The van der Waals surface area contributed by atoms with Crippen molar-refractivity contribution in [2.24, 2.45) is 21.5 Å². The van der Waals surface area contributed by atoms with E-state index in [2.05, 4.69) is 9.98 Å². The second-order valence-electron chi connectivity index (χ2n) is 1.42. The van der Waals surface area contributed by atoms with Crippen LogP contribution in [0, 0.1) is 0 Å². The van der Waals surface area contributed by atoms with Crippen molar-refractivity contribution < 1.29 is 4.79 Å². The minimum absolute atomic E-state index is 0.00542. The third-order valence-electron chi connectivity index (χ3n) is 0.801. The Morgan fingerprint density at radius 2 is 2.00 bits per heavy atom. The molecule has 0 unspecified atom stereocenters. The van der Waals surface area contributed by atoms with E-state index in [-0.39, 0.29) is 17.5 Å². The molecule has 5 heteroatoms. The van der Waals surface area contributed by atoms with Gasteiger partial charge in [0.2, 0.25) is 5.96 Å². The number of guanidine groups is 1. The summed E-state index contributed by atoms with van der Waals surface area (Å²) in [6, 6.07) is 0. The summed E-state index contributed by atoms with van der Waals surface area (Å²) in [5.41, 5.74) is 10.2. The smallest absolute Gasteiger partial charge is 0.223 e. The highest BCUT2D eigenvalue weighted by Gasteiger charge is 2.10. The molecule has 5 nitrogen and oxygen atoms in total. The maximum Gasteiger partial charge on any atom is 0.223 e. The predicted molar refractivity (Wildman–Crippen MR) is 32.5 cm³/mol. The first kappa shape index (κ1) is 5.53. The van der Waals surface area contributed by atoms with Crippen LogP contribution in [0.4, 0.5) is 0 Å². The van der Waals surface area contributed by atoms with Gasteiger partial charge in [-0.15, -0.1) is 0 Å². The lowest BCUT2D eigenvalue weighted by atomic mass is 10.5. The fourth-order valence-electron chi connectivity index (χ4n) is 0.448. The Morgan fingerprint density at radius 1 is 1.33 bits per heavy atom. The van der Waals surface area contributed by atoms with Gasteiger partial charge in [0.05, 0.1) is 0 Å². The number of nitrogens with zero attached hydrogens (tertiary/aromatic N) is 2. The van der Waals surface area contributed by atoms with Crippen LogP contribution in [-0.4, -0.2) is 17.7 Å². The summed E-state index contributed by atoms with van der Waals surface area (Å²) in [6.07, 6.45) is 0. The number of rotatable bonds is 0. The Labute approximate surface area is 50.8 Å². The van der Waals surface area contributed by atoms with E-state index in [4.69, 9.17) is 11.5 Å². The Balaban J connectivity index is 3.10. The Hall–Kier alpha value is -1.61. The van der Waals surface area contributed by atoms with E-state index < -0.39 is 0 Å². The van der Waals surface area contributed by atoms with E-state index in [1.165, 1.54) is 5.94 Å². The standard InChI is InChI=1S/C4H4N4O/c5-3-2(1-9)7-4(6)8-3/h(H4,5,6,7,8). The number of amidine groups is 1. The minimum Gasteiger partial charge on any atom is -0.381 e. The van der Waals surface area contributed by atoms with Crippen LogP contribution >= 0.6 is 0 Å². The van der Waals surface area contributed by atoms with Gasteiger partial charge in [-0.3, -0.25) is 0 Å². The quantitative estimate of drug-likeness (QED) is 0.380. The van der Waals surface area contributed by atoms with Crippen LogP contribution in [0.15, 0.2) is 15.7 Å². The molecule has 1 rings (SSSR count). The van der Waals surface area contributed by atoms with E-state index in [1.807, 2.05) is 0 Å². The fourth-order valence-corrected chi connectivity index (χ4v) is 0.448. The van der Waals surface area contributed by atoms with Gasteiger partial charge in [0.25, 0.3) is 0 Å². The average Bonchev–Trinajstić information content (AvgIpc) is 2.10. The molecule has 9 heavy (non-hydrogen) atoms. The van der Waals surface area contributed by atoms with E-state index >= 15 is 0 Å². The van der Waals surface area contributed by atoms with Crippen molar-refractivity contribution in [2.45, 2.75) is 0 Å². The molecule has 0 aromatic heterocycles. The van der Waals surface area contributed by atoms with Crippen molar-refractivity contribution in [3.63, 3.8) is 0 Å². The number of aliphatic imine (C=N–C) groups is 2. The first-order valence-corrected chi connectivity index (χ1v) is 2.18. The summed E-state index contributed by atoms with van der Waals surface area (Å²) in [4.78, 5) is 16.8. The van der Waals surface area contributed by atoms with E-state index in [0.29, 0.717) is 0 Å². The molecular formula is C4H4N4O. The second-order valence-corrected chi connectivity index (χ2v) is 1.42. The monoisotopic (exact) mass is 124 g/mol. The summed E-state index contributed by atoms with van der Waals surface area (Å²) in [5.74, 6) is 1.52. The molecule has 1 aliphatic heterocycles. The van der Waals surface area contributed by atoms with Gasteiger partial charge in [0, 0.05) is 0 Å². The molecule has 1 aliphatic rings. The van der Waals surface area contributed by atoms with Gasteiger partial charge in [-0.1, -0.05) is 0 Å². The van der Waals surface area contributed by atoms with Gasteiger partial charge in [0.15, 0.2) is 17.5 Å². The summed E-state index contributed by atoms with van der Waals surface area (Å²) >= 11 is 0. The van der Waals surface area contributed by atoms with Crippen molar-refractivity contribution in [1.29, 1.82) is 0 Å². The molecule has 0 saturated heterocycles. The van der Waals surface area contributed by atoms with E-state index in [9.17, 15) is 4.79 Å². The highest BCUT2D eigenvalue weighted by Crippen LogP contribution is 1.98. The molecule has 0 bridgehead atoms. The summed E-state index contributed by atoms with van der Waals surface area (Å²) in [6.45, 7) is 0. The van der Waals surface area contributed by atoms with Crippen LogP contribution < -0.4 is 11.5 Å². The van der Waals surface area contributed by atoms with Crippen molar-refractivity contribution in [1.82, 2.24) is 0 Å². The highest BCUT2D eigenvalue weighted by atomic mass is 16.1. The Kier molecular flexibility index (Phi) is 1.06. The highest BCUT2D eigenvalue weighted by molar-refractivity contribution is 6.14. The molecule has 0 fully saturated rings. The summed E-state index contributed by atoms with van der Waals surface area (Å²) in [7, 11) is 0. The van der Waals surface area contributed by atoms with Crippen molar-refractivity contribution in [3.8, 4) is 0 Å². The molecule has 0 saturated carbocycles. The van der Waals surface area contributed by atoms with Gasteiger partial charge in [-0.25, -0.2) is 4.79 Å². The van der Waals surface area contributed by atoms with Crippen LogP contribution in [0.1, 0.15) is 0 Å². The van der Waals surface area contributed by atoms with Gasteiger partial charge < -0.3 is 11.5 Å². The molecule has 0 radical (unpaired) electrons. The van der Waals surface area contributed by atoms with Crippen molar-refractivity contribution in [2.75, 3.05) is 0 Å². The van der Waals surface area contributed by atoms with Crippen molar-refractivity contribution >= 4 is 17.7 Å². The molecule has 4 N–H and O–H groups in total. The van der Waals surface area contributed by atoms with Gasteiger partial charge in [-0.05, 0) is 0 Å². The lowest BCUT2D eigenvalue weighted by Crippen LogP contribution is -2.12. The maximum atomic E-state index is 9.88. The predicted octanol–water partition coefficient (Wildman–Crippen LogP) is -1.61. The SMILES string of the molecule is NC1=NC(=C=O)C(N)=N1. The van der Waals surface area contributed by atoms with E-state index in [0.717, 1.165) is 0 Å². The Morgan fingerprint density at radius 3 is 2.22 bits per heavy atom. The van der Waals surface area contributed by atoms with Crippen LogP contribution in [-0.2, 0) is 4.79 Å². The first-order chi connectivity index (χ1) is 4.24. The molecule has 0 aromatic carbocycles. The van der Waals surface area contributed by atoms with Crippen LogP contribution in [0.2, 0.25) is 0 Å². The average molecular weight is 124 g/mol. The normalized spacial score (nSPS) is 16.7. The molecule has 0 atom stereocenters. The second kappa shape index (κ2) is 1.72. The third kappa shape index (κ3) is 0.802. The minimum atomic E-state index is -0.0208. The fraction of sp³-hybridized carbons (Fsp3) is 0. The van der Waals surface area contributed by atoms with Crippen molar-refractivity contribution in [3.05, 3.63) is 5.70 Å². The number of hydrogen-bond acceptors (Lipinski definition) is 5. The molecule has 46 valence electrons. The molecule has 0 aromatic rings. The zero-order chi connectivity index (χ0) is 6.85. The molecule has 1 heterocycles. The first-order valence-electron chi connectivity index (χ1n) is 2.18. The topological polar surface area (TPSA) is 93.8 Å². The van der Waals surface area contributed by atoms with Gasteiger partial charge in [0.1, 0.15) is 0 Å². The molecule has 0 amide bonds. The van der Waals surface area contributed by atoms with Crippen LogP contribution in [0.5, 0.6) is 0 Å². The molecule has 0 aliphatic carbocycles. The molecular weight excluding hydrogens is 120 g/mol. The Bertz CT molecular complexity index is 245. The number of hydrogen-bond donors (Lipinski definition) is 2. The third-order valence-corrected chi connectivity index (χ3v) is 0.801. The van der Waals surface area contributed by atoms with Crippen LogP contribution in [0.25, 0.3) is 0 Å². The summed E-state index contributed by atoms with van der Waals surface area (Å²) < 4.78 is 0. The molecule has 0 spiro atoms. The summed E-state index contributed by atoms with van der Waals surface area (Å²) in [5, 5.41) is 0.